The summed E-state index contributed by atoms with van der Waals surface area (Å²) in [5, 5.41) is 18.9. The average molecular weight is 279 g/mol. The van der Waals surface area contributed by atoms with E-state index in [0.29, 0.717) is 5.82 Å². The minimum atomic E-state index is -0.778. The van der Waals surface area contributed by atoms with Crippen LogP contribution in [-0.2, 0) is 4.74 Å². The number of anilines is 3. The van der Waals surface area contributed by atoms with E-state index in [1.165, 1.54) is 4.81 Å². The zero-order valence-corrected chi connectivity index (χ0v) is 10.6. The Morgan fingerprint density at radius 3 is 3.00 bits per heavy atom. The monoisotopic (exact) mass is 279 g/mol. The van der Waals surface area contributed by atoms with Crippen molar-refractivity contribution in [1.29, 1.82) is 0 Å². The number of aromatic nitrogens is 2. The molecule has 0 aliphatic carbocycles. The largest absolute Gasteiger partial charge is 0.402 e. The molecule has 0 saturated carbocycles. The predicted molar refractivity (Wildman–Crippen MR) is 71.2 cm³/mol. The second-order valence-corrected chi connectivity index (χ2v) is 4.82. The molecule has 9 nitrogen and oxygen atoms in total. The van der Waals surface area contributed by atoms with Gasteiger partial charge in [-0.3, -0.25) is 9.78 Å². The van der Waals surface area contributed by atoms with Gasteiger partial charge in [-0.25, -0.2) is 0 Å². The molecule has 20 heavy (non-hydrogen) atoms. The van der Waals surface area contributed by atoms with E-state index in [2.05, 4.69) is 9.97 Å². The molecule has 1 aromatic heterocycles. The number of hydrogen-bond acceptors (Lipinski definition) is 8. The lowest BCUT2D eigenvalue weighted by atomic mass is 10.2. The van der Waals surface area contributed by atoms with Crippen molar-refractivity contribution >= 4 is 25.4 Å². The van der Waals surface area contributed by atoms with Crippen LogP contribution in [0.1, 0.15) is 6.42 Å². The third-order valence-electron chi connectivity index (χ3n) is 3.49. The maximum absolute atomic E-state index is 11.8. The molecule has 106 valence electrons. The molecular formula is C10H14BN5O4. The highest BCUT2D eigenvalue weighted by Crippen LogP contribution is 2.35. The van der Waals surface area contributed by atoms with E-state index in [-0.39, 0.29) is 31.3 Å². The molecule has 3 atom stereocenters. The van der Waals surface area contributed by atoms with Gasteiger partial charge in [-0.2, -0.15) is 4.98 Å². The Morgan fingerprint density at radius 1 is 1.60 bits per heavy atom. The summed E-state index contributed by atoms with van der Waals surface area (Å²) in [6.45, 7) is -0.0972. The second-order valence-electron chi connectivity index (χ2n) is 4.82. The molecule has 1 saturated heterocycles. The number of fused-ring (bicyclic) bond motifs is 1. The highest BCUT2D eigenvalue weighted by Gasteiger charge is 2.41. The normalized spacial score (nSPS) is 29.0. The van der Waals surface area contributed by atoms with Crippen LogP contribution in [0.2, 0.25) is 0 Å². The summed E-state index contributed by atoms with van der Waals surface area (Å²) in [7, 11) is 5.78. The molecule has 10 heteroatoms. The van der Waals surface area contributed by atoms with E-state index < -0.39 is 24.0 Å². The fourth-order valence-electron chi connectivity index (χ4n) is 2.53. The van der Waals surface area contributed by atoms with Crippen molar-refractivity contribution in [2.75, 3.05) is 28.7 Å². The quantitative estimate of drug-likeness (QED) is 0.437. The lowest BCUT2D eigenvalue weighted by molar-refractivity contribution is -0.0219. The van der Waals surface area contributed by atoms with Gasteiger partial charge in [-0.15, -0.1) is 0 Å². The van der Waals surface area contributed by atoms with Crippen molar-refractivity contribution in [3.63, 3.8) is 0 Å². The van der Waals surface area contributed by atoms with Crippen molar-refractivity contribution in [3.8, 4) is 0 Å². The van der Waals surface area contributed by atoms with E-state index in [9.17, 15) is 9.90 Å². The molecule has 3 rings (SSSR count). The first-order valence-electron chi connectivity index (χ1n) is 6.14. The van der Waals surface area contributed by atoms with Crippen molar-refractivity contribution < 1.29 is 14.9 Å². The van der Waals surface area contributed by atoms with Crippen LogP contribution in [0.15, 0.2) is 4.79 Å². The summed E-state index contributed by atoms with van der Waals surface area (Å²) in [5.41, 5.74) is 5.30. The van der Waals surface area contributed by atoms with Gasteiger partial charge in [0.25, 0.3) is 5.56 Å². The summed E-state index contributed by atoms with van der Waals surface area (Å²) in [4.78, 5) is 21.2. The fraction of sp³-hybridized carbons (Fsp3) is 0.600. The minimum Gasteiger partial charge on any atom is -0.402 e. The number of aliphatic hydroxyl groups excluding tert-OH is 2. The zero-order valence-electron chi connectivity index (χ0n) is 10.6. The van der Waals surface area contributed by atoms with E-state index in [1.807, 2.05) is 0 Å². The highest BCUT2D eigenvalue weighted by atomic mass is 16.5. The van der Waals surface area contributed by atoms with E-state index in [4.69, 9.17) is 23.6 Å². The number of hydrogen-bond donors (Lipinski definition) is 4. The van der Waals surface area contributed by atoms with Crippen LogP contribution in [-0.4, -0.2) is 59.9 Å². The van der Waals surface area contributed by atoms with Gasteiger partial charge in [0.1, 0.15) is 18.0 Å². The fourth-order valence-corrected chi connectivity index (χ4v) is 2.53. The molecule has 5 N–H and O–H groups in total. The molecule has 0 unspecified atom stereocenters. The zero-order chi connectivity index (χ0) is 14.4. The maximum Gasteiger partial charge on any atom is 0.276 e. The third-order valence-corrected chi connectivity index (χ3v) is 3.49. The predicted octanol–water partition coefficient (Wildman–Crippen LogP) is -2.51. The first kappa shape index (κ1) is 13.2. The number of aromatic amines is 1. The topological polar surface area (TPSA) is 128 Å². The van der Waals surface area contributed by atoms with E-state index in [0.717, 1.165) is 0 Å². The number of rotatable bonds is 2. The van der Waals surface area contributed by atoms with Crippen LogP contribution in [0.4, 0.5) is 17.5 Å². The molecular weight excluding hydrogens is 265 g/mol. The molecule has 0 amide bonds. The lowest BCUT2D eigenvalue weighted by Crippen LogP contribution is -2.38. The van der Waals surface area contributed by atoms with Crippen LogP contribution in [0.3, 0.4) is 0 Å². The number of nitrogens with one attached hydrogen (secondary N) is 1. The van der Waals surface area contributed by atoms with Crippen molar-refractivity contribution in [2.24, 2.45) is 0 Å². The van der Waals surface area contributed by atoms with Crippen LogP contribution in [0.5, 0.6) is 0 Å². The molecule has 2 aliphatic rings. The minimum absolute atomic E-state index is 0.0219. The number of nitrogen functional groups attached to an aromatic ring is 1. The molecule has 0 bridgehead atoms. The van der Waals surface area contributed by atoms with Gasteiger partial charge in [0, 0.05) is 6.42 Å². The van der Waals surface area contributed by atoms with Crippen LogP contribution >= 0.6 is 0 Å². The Morgan fingerprint density at radius 2 is 2.35 bits per heavy atom. The lowest BCUT2D eigenvalue weighted by Gasteiger charge is -2.25. The van der Waals surface area contributed by atoms with Gasteiger partial charge in [0.2, 0.25) is 13.9 Å². The van der Waals surface area contributed by atoms with Gasteiger partial charge in [0.15, 0.2) is 5.82 Å². The van der Waals surface area contributed by atoms with E-state index in [1.54, 1.807) is 4.90 Å². The van der Waals surface area contributed by atoms with Crippen LogP contribution in [0.25, 0.3) is 0 Å². The molecule has 3 heterocycles. The Kier molecular flexibility index (Phi) is 3.07. The van der Waals surface area contributed by atoms with Gasteiger partial charge in [-0.1, -0.05) is 0 Å². The van der Waals surface area contributed by atoms with Gasteiger partial charge >= 0.3 is 0 Å². The first-order chi connectivity index (χ1) is 9.51. The maximum atomic E-state index is 11.8. The SMILES string of the molecule is [B]N1CN([C@H]2C[C@H](O)[C@@H](CO)O2)c2nc(N)[nH]c(=O)c21. The van der Waals surface area contributed by atoms with Crippen LogP contribution in [0, 0.1) is 0 Å². The molecule has 1 fully saturated rings. The Hall–Kier alpha value is -1.78. The molecule has 0 spiro atoms. The average Bonchev–Trinajstić information content (AvgIpc) is 2.90. The first-order valence-corrected chi connectivity index (χ1v) is 6.14. The Balaban J connectivity index is 1.94. The second kappa shape index (κ2) is 4.65. The number of nitrogens with zero attached hydrogens (tertiary/aromatic N) is 3. The molecule has 0 aromatic carbocycles. The summed E-state index contributed by atoms with van der Waals surface area (Å²) in [6, 6.07) is 0. The van der Waals surface area contributed by atoms with Crippen molar-refractivity contribution in [1.82, 2.24) is 9.97 Å². The van der Waals surface area contributed by atoms with E-state index >= 15 is 0 Å². The number of ether oxygens (including phenoxy) is 1. The molecule has 2 radical (unpaired) electrons. The van der Waals surface area contributed by atoms with Gasteiger partial charge in [0.05, 0.1) is 19.4 Å². The molecule has 2 aliphatic heterocycles. The van der Waals surface area contributed by atoms with Crippen molar-refractivity contribution in [3.05, 3.63) is 10.4 Å². The highest BCUT2D eigenvalue weighted by molar-refractivity contribution is 6.20. The Bertz CT molecular complexity index is 581. The van der Waals surface area contributed by atoms with Gasteiger partial charge < -0.3 is 30.4 Å². The summed E-state index contributed by atoms with van der Waals surface area (Å²) >= 11 is 0. The summed E-state index contributed by atoms with van der Waals surface area (Å²) in [5.74, 6) is 0.288. The smallest absolute Gasteiger partial charge is 0.276 e. The Labute approximate surface area is 115 Å². The third kappa shape index (κ3) is 1.92. The number of aliphatic hydroxyl groups is 2. The molecule has 1 aromatic rings. The van der Waals surface area contributed by atoms with Crippen molar-refractivity contribution in [2.45, 2.75) is 24.9 Å². The van der Waals surface area contributed by atoms with Crippen LogP contribution < -0.4 is 21.0 Å². The van der Waals surface area contributed by atoms with Gasteiger partial charge in [-0.05, 0) is 0 Å². The summed E-state index contributed by atoms with van der Waals surface area (Å²) in [6.07, 6.45) is -1.68. The summed E-state index contributed by atoms with van der Waals surface area (Å²) < 4.78 is 5.54. The number of nitrogens with two attached hydrogens (primary N) is 1. The number of H-pyrrole nitrogens is 1. The standard InChI is InChI=1S/C10H14BN5O4/c11-16-3-15(6-1-4(18)5(2-17)20-6)8-7(16)9(19)14-10(12)13-8/h4-6,17-18H,1-3H2,(H3,12,13,14,19)/t4-,5+,6+/m0/s1.